The lowest BCUT2D eigenvalue weighted by atomic mass is 10.0. The maximum absolute atomic E-state index is 13.2. The number of carboxylic acid groups (broad SMARTS) is 5. The van der Waals surface area contributed by atoms with Crippen LogP contribution in [0.1, 0.15) is 62.5 Å². The number of urea groups is 2. The number of fused-ring (bicyclic) bond motifs is 2. The fourth-order valence-electron chi connectivity index (χ4n) is 14.3. The lowest BCUT2D eigenvalue weighted by molar-refractivity contribution is -0.147. The summed E-state index contributed by atoms with van der Waals surface area (Å²) in [5.74, 6) is -6.34. The van der Waals surface area contributed by atoms with Crippen LogP contribution in [0, 0.1) is 0 Å². The molecule has 8 rings (SSSR count). The molecule has 0 aliphatic carbocycles. The van der Waals surface area contributed by atoms with Gasteiger partial charge >= 0.3 is 47.9 Å². The van der Waals surface area contributed by atoms with Crippen LogP contribution in [-0.2, 0) is 84.7 Å². The number of carboxylic acids is 5. The molecule has 8 amide bonds. The number of ether oxygens (including phenoxy) is 1. The molecule has 0 spiro atoms. The number of aliphatic hydroxyl groups is 4. The Morgan fingerprint density at radius 3 is 1.06 bits per heavy atom. The number of nitrogens with zero attached hydrogens (tertiary/aromatic N) is 10. The van der Waals surface area contributed by atoms with Gasteiger partial charge in [-0.3, -0.25) is 87.1 Å². The van der Waals surface area contributed by atoms with Crippen LogP contribution < -0.4 is 31.9 Å². The van der Waals surface area contributed by atoms with Crippen LogP contribution in [0.15, 0.2) is 48.5 Å². The zero-order valence-electron chi connectivity index (χ0n) is 67.2. The molecule has 0 radical (unpaired) electrons. The molecule has 119 heavy (non-hydrogen) atoms. The second-order valence-electron chi connectivity index (χ2n) is 28.4. The average molecular weight is 1720 g/mol. The maximum atomic E-state index is 13.2. The smallest absolute Gasteiger partial charge is 0.325 e. The number of anilines is 2. The molecular weight excluding hydrogens is 1610 g/mol. The summed E-state index contributed by atoms with van der Waals surface area (Å²) in [6.07, 6.45) is 5.00. The SMILES string of the molecule is C=O.C=O.C=O.C=O.COC(=O)CN(CC(=O)Nc1ccc(CC2CN(CC(=O)O)CCN(CO)CCN(CO)CCN2CC(=O)O)cc1)C(=O)CCCCC1SCC2NC(=O)NC21.O=C(O)CN1CCN(CO)CCN(CO)CCN(CC(=O)O)C(Cc2ccc(NC(=O)CN(CC(=O)O)C(=O)CCCCC3SCC4NC(=O)NC43)cc2)C1. The number of nitrogens with one attached hydrogen (secondary N) is 6. The molecule has 6 fully saturated rings. The highest BCUT2D eigenvalue weighted by Crippen LogP contribution is 2.35. The topological polar surface area (TPSA) is 569 Å². The standard InChI is InChI=1S/C36H56N8O11S.C35H54N8O11S.4CH2O/c1-55-34(53)21-44(31(48)5-3-2-4-29-35-28(22-56-29)38-36(54)39-35)18-30(47)37-26-8-6-25(7-9-26)16-27-17-42(19-32(49)50)13-12-40(23-45)10-11-41(24-46)14-15-43(27)20-33(51)52;44-22-39-9-10-40(23-45)13-14-42(19-32(50)51)26(16-41(12-11-39)18-31(48)49)15-24-5-7-25(8-6-24)36-29(46)17-43(20-33(52)53)30(47)4-2-1-3-28-34-27(21-55-28)37-35(54)38-34;4*1-2/h6-9,27-29,35,45-46H,2-5,10-24H2,1H3,(H,37,47)(H,49,50)(H,51,52)(H2,38,39,54);5-8,26-28,34,44-45H,1-4,9-23H2,(H,36,46)(H,48,49)(H,50,51)(H,52,53)(H2,37,38,54);4*1H2. The second kappa shape index (κ2) is 57.7. The molecule has 0 aromatic heterocycles. The van der Waals surface area contributed by atoms with Gasteiger partial charge < -0.3 is 112 Å². The Balaban J connectivity index is 0.000000568. The number of rotatable bonds is 36. The number of aliphatic hydroxyl groups excluding tert-OH is 4. The number of unbranched alkanes of at least 4 members (excludes halogenated alkanes) is 2. The Labute approximate surface area is 698 Å². The number of carbonyl (C=O) groups is 16. The highest BCUT2D eigenvalue weighted by Gasteiger charge is 2.44. The lowest BCUT2D eigenvalue weighted by Crippen LogP contribution is -2.53. The van der Waals surface area contributed by atoms with Crippen LogP contribution >= 0.6 is 23.5 Å². The molecule has 2 aromatic carbocycles. The summed E-state index contributed by atoms with van der Waals surface area (Å²) in [6.45, 7) is 8.68. The van der Waals surface area contributed by atoms with Crippen LogP contribution in [0.5, 0.6) is 0 Å². The van der Waals surface area contributed by atoms with Gasteiger partial charge in [-0.1, -0.05) is 37.1 Å². The van der Waals surface area contributed by atoms with Crippen molar-refractivity contribution in [2.45, 2.75) is 111 Å². The van der Waals surface area contributed by atoms with Crippen molar-refractivity contribution in [2.75, 3.05) is 200 Å². The number of hydrogen-bond donors (Lipinski definition) is 15. The van der Waals surface area contributed by atoms with E-state index in [2.05, 4.69) is 31.9 Å². The molecule has 42 nitrogen and oxygen atoms in total. The van der Waals surface area contributed by atoms with E-state index in [-0.39, 0.29) is 158 Å². The molecule has 666 valence electrons. The third-order valence-electron chi connectivity index (χ3n) is 20.3. The quantitative estimate of drug-likeness (QED) is 0.0177. The van der Waals surface area contributed by atoms with Gasteiger partial charge in [0.2, 0.25) is 23.6 Å². The van der Waals surface area contributed by atoms with Crippen LogP contribution in [0.4, 0.5) is 21.0 Å². The molecule has 44 heteroatoms. The van der Waals surface area contributed by atoms with Crippen molar-refractivity contribution in [1.29, 1.82) is 0 Å². The largest absolute Gasteiger partial charge is 0.480 e. The number of methoxy groups -OCH3 is 1. The van der Waals surface area contributed by atoms with Gasteiger partial charge in [-0.2, -0.15) is 23.5 Å². The van der Waals surface area contributed by atoms with Crippen molar-refractivity contribution in [3.63, 3.8) is 0 Å². The summed E-state index contributed by atoms with van der Waals surface area (Å²) >= 11 is 3.57. The van der Waals surface area contributed by atoms with Gasteiger partial charge in [0.05, 0.1) is 84.4 Å². The summed E-state index contributed by atoms with van der Waals surface area (Å²) < 4.78 is 4.76. The summed E-state index contributed by atoms with van der Waals surface area (Å²) in [7, 11) is 1.21. The maximum Gasteiger partial charge on any atom is 0.325 e. The third kappa shape index (κ3) is 38.7. The number of carbonyl (C=O) groups excluding carboxylic acids is 11. The minimum Gasteiger partial charge on any atom is -0.480 e. The lowest BCUT2D eigenvalue weighted by Gasteiger charge is -2.37. The summed E-state index contributed by atoms with van der Waals surface area (Å²) in [5, 5.41) is 106. The number of amides is 8. The van der Waals surface area contributed by atoms with Crippen molar-refractivity contribution in [3.05, 3.63) is 59.7 Å². The predicted molar refractivity (Wildman–Crippen MR) is 436 cm³/mol. The first-order valence-electron chi connectivity index (χ1n) is 38.5. The Morgan fingerprint density at radius 2 is 0.748 bits per heavy atom. The van der Waals surface area contributed by atoms with Gasteiger partial charge in [0.25, 0.3) is 0 Å². The predicted octanol–water partition coefficient (Wildman–Crippen LogP) is -3.72. The molecule has 0 saturated carbocycles. The van der Waals surface area contributed by atoms with Gasteiger partial charge in [0.15, 0.2) is 0 Å². The fourth-order valence-corrected chi connectivity index (χ4v) is 17.4. The van der Waals surface area contributed by atoms with E-state index in [0.29, 0.717) is 109 Å². The number of esters is 1. The van der Waals surface area contributed by atoms with Crippen LogP contribution in [0.2, 0.25) is 0 Å². The normalized spacial score (nSPS) is 21.6. The van der Waals surface area contributed by atoms with Gasteiger partial charge in [-0.15, -0.1) is 0 Å². The molecule has 6 saturated heterocycles. The summed E-state index contributed by atoms with van der Waals surface area (Å²) in [4.78, 5) is 195. The zero-order chi connectivity index (χ0) is 88.5. The number of thioether (sulfide) groups is 2. The fraction of sp³-hybridized carbons (Fsp3) is 0.627. The number of benzene rings is 2. The van der Waals surface area contributed by atoms with Crippen LogP contribution in [0.3, 0.4) is 0 Å². The van der Waals surface area contributed by atoms with Gasteiger partial charge in [-0.05, 0) is 73.9 Å². The number of aliphatic carboxylic acids is 5. The van der Waals surface area contributed by atoms with E-state index >= 15 is 0 Å². The summed E-state index contributed by atoms with van der Waals surface area (Å²) in [5.41, 5.74) is 2.40. The van der Waals surface area contributed by atoms with Crippen molar-refractivity contribution < 1.29 is 127 Å². The molecule has 6 aliphatic heterocycles. The van der Waals surface area contributed by atoms with Gasteiger partial charge in [0.1, 0.15) is 53.3 Å². The van der Waals surface area contributed by atoms with Gasteiger partial charge in [-0.25, -0.2) is 9.59 Å². The van der Waals surface area contributed by atoms with E-state index < -0.39 is 78.7 Å². The first-order chi connectivity index (χ1) is 57.2. The third-order valence-corrected chi connectivity index (χ3v) is 23.3. The Hall–Kier alpha value is -9.42. The molecule has 0 bridgehead atoms. The molecule has 6 heterocycles. The van der Waals surface area contributed by atoms with E-state index in [4.69, 9.17) is 23.9 Å². The van der Waals surface area contributed by atoms with E-state index in [0.717, 1.165) is 51.7 Å². The Bertz CT molecular complexity index is 3480. The van der Waals surface area contributed by atoms with Crippen LogP contribution in [0.25, 0.3) is 0 Å². The van der Waals surface area contributed by atoms with E-state index in [1.54, 1.807) is 111 Å². The Morgan fingerprint density at radius 1 is 0.429 bits per heavy atom. The second-order valence-corrected chi connectivity index (χ2v) is 31.0. The zero-order valence-corrected chi connectivity index (χ0v) is 68.8. The number of hydrogen-bond acceptors (Lipinski definition) is 31. The monoisotopic (exact) mass is 1720 g/mol. The minimum absolute atomic E-state index is 0.0545. The highest BCUT2D eigenvalue weighted by molar-refractivity contribution is 8.00. The minimum atomic E-state index is -1.25. The van der Waals surface area contributed by atoms with E-state index in [9.17, 15) is 103 Å². The molecule has 6 aliphatic rings. The molecule has 15 N–H and O–H groups in total. The Kier molecular flexibility index (Phi) is 50.3. The van der Waals surface area contributed by atoms with Crippen molar-refractivity contribution >= 4 is 134 Å². The molecule has 8 unspecified atom stereocenters. The average Bonchev–Trinajstić information content (AvgIpc) is 1.68. The van der Waals surface area contributed by atoms with Gasteiger partial charge in [0, 0.05) is 150 Å². The first kappa shape index (κ1) is 104. The summed E-state index contributed by atoms with van der Waals surface area (Å²) in [6, 6.07) is 12.8. The molecule has 2 aromatic rings. The van der Waals surface area contributed by atoms with E-state index in [1.165, 1.54) is 7.11 Å². The first-order valence-corrected chi connectivity index (χ1v) is 40.6. The van der Waals surface area contributed by atoms with Crippen LogP contribution in [-0.4, -0.2) is 430 Å². The molecular formula is C75H118N16O26S2. The van der Waals surface area contributed by atoms with Crippen molar-refractivity contribution in [1.82, 2.24) is 70.3 Å². The molecule has 8 atom stereocenters. The van der Waals surface area contributed by atoms with Crippen molar-refractivity contribution in [2.24, 2.45) is 0 Å². The van der Waals surface area contributed by atoms with E-state index in [1.807, 2.05) is 27.2 Å². The van der Waals surface area contributed by atoms with Crippen molar-refractivity contribution in [3.8, 4) is 0 Å². The highest BCUT2D eigenvalue weighted by atomic mass is 32.2.